The summed E-state index contributed by atoms with van der Waals surface area (Å²) in [6, 6.07) is 0. The molecule has 1 aromatic heterocycles. The quantitative estimate of drug-likeness (QED) is 0.919. The Labute approximate surface area is 118 Å². The molecule has 1 fully saturated rings. The summed E-state index contributed by atoms with van der Waals surface area (Å²) in [6.45, 7) is 6.22. The topological polar surface area (TPSA) is 53.4 Å². The third-order valence-corrected chi connectivity index (χ3v) is 5.06. The van der Waals surface area contributed by atoms with Crippen molar-refractivity contribution in [2.75, 3.05) is 18.0 Å². The van der Waals surface area contributed by atoms with Gasteiger partial charge in [-0.1, -0.05) is 31.6 Å². The van der Waals surface area contributed by atoms with Crippen LogP contribution in [-0.4, -0.2) is 29.1 Å². The van der Waals surface area contributed by atoms with Gasteiger partial charge in [-0.05, 0) is 31.6 Å². The minimum Gasteiger partial charge on any atom is -0.477 e. The lowest BCUT2D eigenvalue weighted by Crippen LogP contribution is -2.24. The Bertz CT molecular complexity index is 445. The number of carboxylic acid groups (broad SMARTS) is 1. The van der Waals surface area contributed by atoms with Crippen molar-refractivity contribution >= 4 is 22.4 Å². The Morgan fingerprint density at radius 1 is 1.42 bits per heavy atom. The highest BCUT2D eigenvalue weighted by Crippen LogP contribution is 2.30. The molecule has 1 aliphatic rings. The lowest BCUT2D eigenvalue weighted by atomic mass is 9.98. The maximum Gasteiger partial charge on any atom is 0.347 e. The Balaban J connectivity index is 2.15. The zero-order chi connectivity index (χ0) is 13.8. The van der Waals surface area contributed by atoms with Crippen LogP contribution in [0.1, 0.15) is 54.9 Å². The van der Waals surface area contributed by atoms with Crippen LogP contribution in [-0.2, 0) is 6.42 Å². The molecule has 1 N–H and O–H groups in total. The van der Waals surface area contributed by atoms with Crippen molar-refractivity contribution in [3.63, 3.8) is 0 Å². The fourth-order valence-corrected chi connectivity index (χ4v) is 3.69. The molecule has 0 radical (unpaired) electrons. The van der Waals surface area contributed by atoms with Crippen molar-refractivity contribution in [3.05, 3.63) is 10.6 Å². The summed E-state index contributed by atoms with van der Waals surface area (Å²) in [4.78, 5) is 18.4. The van der Waals surface area contributed by atoms with Crippen LogP contribution in [0.4, 0.5) is 5.13 Å². The van der Waals surface area contributed by atoms with Crippen molar-refractivity contribution in [2.45, 2.75) is 46.0 Å². The molecule has 0 amide bonds. The number of carboxylic acids is 1. The van der Waals surface area contributed by atoms with E-state index < -0.39 is 5.97 Å². The summed E-state index contributed by atoms with van der Waals surface area (Å²) < 4.78 is 0. The third kappa shape index (κ3) is 3.26. The first-order chi connectivity index (χ1) is 9.15. The van der Waals surface area contributed by atoms with Crippen LogP contribution >= 0.6 is 11.3 Å². The zero-order valence-corrected chi connectivity index (χ0v) is 12.5. The van der Waals surface area contributed by atoms with Crippen LogP contribution in [0.15, 0.2) is 0 Å². The number of hydrogen-bond donors (Lipinski definition) is 1. The van der Waals surface area contributed by atoms with Crippen molar-refractivity contribution in [1.29, 1.82) is 0 Å². The summed E-state index contributed by atoms with van der Waals surface area (Å²) >= 11 is 1.33. The highest BCUT2D eigenvalue weighted by atomic mass is 32.1. The van der Waals surface area contributed by atoms with Gasteiger partial charge in [-0.25, -0.2) is 9.78 Å². The van der Waals surface area contributed by atoms with Crippen LogP contribution in [0.5, 0.6) is 0 Å². The van der Waals surface area contributed by atoms with Crippen molar-refractivity contribution < 1.29 is 9.90 Å². The van der Waals surface area contributed by atoms with E-state index in [0.29, 0.717) is 11.3 Å². The average Bonchev–Trinajstić information content (AvgIpc) is 2.70. The van der Waals surface area contributed by atoms with Crippen LogP contribution in [0.2, 0.25) is 0 Å². The molecule has 0 aromatic carbocycles. The molecule has 0 bridgehead atoms. The lowest BCUT2D eigenvalue weighted by molar-refractivity contribution is 0.0701. The molecule has 0 saturated carbocycles. The molecular weight excluding hydrogens is 260 g/mol. The number of thiazole rings is 1. The Hall–Kier alpha value is -1.10. The first kappa shape index (κ1) is 14.3. The number of rotatable bonds is 4. The molecule has 1 aliphatic heterocycles. The van der Waals surface area contributed by atoms with Gasteiger partial charge < -0.3 is 10.0 Å². The SMILES string of the molecule is CCc1nc(N2CCCC(CC)CC2)sc1C(=O)O. The first-order valence-electron chi connectivity index (χ1n) is 7.13. The molecule has 1 unspecified atom stereocenters. The van der Waals surface area contributed by atoms with E-state index in [0.717, 1.165) is 29.8 Å². The standard InChI is InChI=1S/C14H22N2O2S/c1-3-10-6-5-8-16(9-7-10)14-15-11(4-2)12(19-14)13(17)18/h10H,3-9H2,1-2H3,(H,17,18). The summed E-state index contributed by atoms with van der Waals surface area (Å²) in [5.41, 5.74) is 0.726. The number of aromatic carboxylic acids is 1. The summed E-state index contributed by atoms with van der Waals surface area (Å²) in [7, 11) is 0. The minimum atomic E-state index is -0.846. The second-order valence-corrected chi connectivity index (χ2v) is 6.10. The number of aryl methyl sites for hydroxylation is 1. The maximum atomic E-state index is 11.2. The fourth-order valence-electron chi connectivity index (χ4n) is 2.65. The third-order valence-electron chi connectivity index (χ3n) is 3.91. The number of carbonyl (C=O) groups is 1. The monoisotopic (exact) mass is 282 g/mol. The van der Waals surface area contributed by atoms with Gasteiger partial charge >= 0.3 is 5.97 Å². The molecule has 1 saturated heterocycles. The van der Waals surface area contributed by atoms with Gasteiger partial charge in [-0.2, -0.15) is 0 Å². The maximum absolute atomic E-state index is 11.2. The Kier molecular flexibility index (Phi) is 4.80. The van der Waals surface area contributed by atoms with Crippen molar-refractivity contribution in [3.8, 4) is 0 Å². The molecule has 0 aliphatic carbocycles. The fraction of sp³-hybridized carbons (Fsp3) is 0.714. The predicted molar refractivity (Wildman–Crippen MR) is 78.3 cm³/mol. The highest BCUT2D eigenvalue weighted by molar-refractivity contribution is 7.17. The van der Waals surface area contributed by atoms with Crippen LogP contribution in [0, 0.1) is 5.92 Å². The largest absolute Gasteiger partial charge is 0.477 e. The number of anilines is 1. The van der Waals surface area contributed by atoms with E-state index in [-0.39, 0.29) is 0 Å². The van der Waals surface area contributed by atoms with Gasteiger partial charge in [-0.15, -0.1) is 0 Å². The molecule has 0 spiro atoms. The second kappa shape index (κ2) is 6.37. The molecule has 1 atom stereocenters. The van der Waals surface area contributed by atoms with Crippen LogP contribution in [0.3, 0.4) is 0 Å². The molecule has 1 aromatic rings. The molecule has 2 rings (SSSR count). The van der Waals surface area contributed by atoms with E-state index >= 15 is 0 Å². The van der Waals surface area contributed by atoms with E-state index in [1.165, 1.54) is 37.0 Å². The van der Waals surface area contributed by atoms with Crippen molar-refractivity contribution in [2.24, 2.45) is 5.92 Å². The lowest BCUT2D eigenvalue weighted by Gasteiger charge is -2.19. The number of aromatic nitrogens is 1. The molecule has 5 heteroatoms. The van der Waals surface area contributed by atoms with Gasteiger partial charge in [0.1, 0.15) is 4.88 Å². The van der Waals surface area contributed by atoms with E-state index in [1.54, 1.807) is 0 Å². The first-order valence-corrected chi connectivity index (χ1v) is 7.95. The number of nitrogens with zero attached hydrogens (tertiary/aromatic N) is 2. The number of hydrogen-bond acceptors (Lipinski definition) is 4. The van der Waals surface area contributed by atoms with Crippen molar-refractivity contribution in [1.82, 2.24) is 4.98 Å². The van der Waals surface area contributed by atoms with Crippen LogP contribution < -0.4 is 4.90 Å². The van der Waals surface area contributed by atoms with Gasteiger partial charge in [0.15, 0.2) is 5.13 Å². The minimum absolute atomic E-state index is 0.411. The Morgan fingerprint density at radius 2 is 2.21 bits per heavy atom. The van der Waals surface area contributed by atoms with Gasteiger partial charge in [0, 0.05) is 13.1 Å². The predicted octanol–water partition coefficient (Wildman–Crippen LogP) is 3.42. The van der Waals surface area contributed by atoms with Gasteiger partial charge in [0.2, 0.25) is 0 Å². The zero-order valence-electron chi connectivity index (χ0n) is 11.7. The smallest absolute Gasteiger partial charge is 0.347 e. The van der Waals surface area contributed by atoms with E-state index in [4.69, 9.17) is 0 Å². The van der Waals surface area contributed by atoms with E-state index in [2.05, 4.69) is 16.8 Å². The summed E-state index contributed by atoms with van der Waals surface area (Å²) in [5.74, 6) is -0.0311. The average molecular weight is 282 g/mol. The van der Waals surface area contributed by atoms with E-state index in [1.807, 2.05) is 6.92 Å². The molecular formula is C14H22N2O2S. The van der Waals surface area contributed by atoms with Crippen LogP contribution in [0.25, 0.3) is 0 Å². The van der Waals surface area contributed by atoms with Gasteiger partial charge in [-0.3, -0.25) is 0 Å². The summed E-state index contributed by atoms with van der Waals surface area (Å²) in [6.07, 6.45) is 5.59. The van der Waals surface area contributed by atoms with Gasteiger partial charge in [0.25, 0.3) is 0 Å². The molecule has 106 valence electrons. The Morgan fingerprint density at radius 3 is 2.79 bits per heavy atom. The second-order valence-electron chi connectivity index (χ2n) is 5.12. The van der Waals surface area contributed by atoms with Gasteiger partial charge in [0.05, 0.1) is 5.69 Å². The van der Waals surface area contributed by atoms with E-state index in [9.17, 15) is 9.90 Å². The molecule has 2 heterocycles. The normalized spacial score (nSPS) is 20.3. The molecule has 19 heavy (non-hydrogen) atoms. The summed E-state index contributed by atoms with van der Waals surface area (Å²) in [5, 5.41) is 10.1. The molecule has 4 nitrogen and oxygen atoms in total. The highest BCUT2D eigenvalue weighted by Gasteiger charge is 2.22.